The topological polar surface area (TPSA) is 77.2 Å². The number of ether oxygens (including phenoxy) is 1. The van der Waals surface area contributed by atoms with E-state index in [9.17, 15) is 18.0 Å². The van der Waals surface area contributed by atoms with Crippen LogP contribution in [0.5, 0.6) is 0 Å². The summed E-state index contributed by atoms with van der Waals surface area (Å²) in [7, 11) is 0. The maximum absolute atomic E-state index is 12.4. The Hall–Kier alpha value is -1.64. The van der Waals surface area contributed by atoms with Gasteiger partial charge in [-0.05, 0) is 19.8 Å². The normalized spacial score (nSPS) is 17.1. The molecule has 9 heteroatoms. The molecule has 1 unspecified atom stereocenters. The molecular weight excluding hydrogens is 279 g/mol. The molecule has 6 nitrogen and oxygen atoms in total. The van der Waals surface area contributed by atoms with Crippen LogP contribution in [0.1, 0.15) is 41.9 Å². The molecule has 1 aromatic heterocycles. The van der Waals surface area contributed by atoms with E-state index in [-0.39, 0.29) is 18.2 Å². The van der Waals surface area contributed by atoms with Crippen LogP contribution >= 0.6 is 0 Å². The maximum atomic E-state index is 12.4. The van der Waals surface area contributed by atoms with E-state index in [0.29, 0.717) is 5.69 Å². The molecule has 0 amide bonds. The molecule has 112 valence electrons. The number of nitrogens with zero attached hydrogens (tertiary/aromatic N) is 3. The number of alkyl halides is 3. The van der Waals surface area contributed by atoms with Crippen molar-refractivity contribution in [2.75, 3.05) is 6.61 Å². The Kier molecular flexibility index (Phi) is 3.98. The number of aliphatic hydroxyl groups is 1. The second kappa shape index (κ2) is 5.39. The fourth-order valence-corrected chi connectivity index (χ4v) is 1.83. The summed E-state index contributed by atoms with van der Waals surface area (Å²) in [5, 5.41) is 16.2. The van der Waals surface area contributed by atoms with Crippen molar-refractivity contribution in [3.63, 3.8) is 0 Å². The van der Waals surface area contributed by atoms with Gasteiger partial charge in [-0.1, -0.05) is 5.21 Å². The average Bonchev–Trinajstić information content (AvgIpc) is 3.10. The van der Waals surface area contributed by atoms with Crippen LogP contribution < -0.4 is 0 Å². The summed E-state index contributed by atoms with van der Waals surface area (Å²) in [6, 6.07) is 0. The van der Waals surface area contributed by atoms with E-state index in [1.165, 1.54) is 0 Å². The Bertz CT molecular complexity index is 497. The van der Waals surface area contributed by atoms with Crippen molar-refractivity contribution >= 4 is 5.97 Å². The Labute approximate surface area is 112 Å². The highest BCUT2D eigenvalue weighted by molar-refractivity contribution is 5.88. The summed E-state index contributed by atoms with van der Waals surface area (Å²) in [6.07, 6.45) is -5.78. The molecule has 1 aliphatic carbocycles. The van der Waals surface area contributed by atoms with Crippen molar-refractivity contribution in [2.24, 2.45) is 0 Å². The minimum absolute atomic E-state index is 0.0511. The number of aromatic nitrogens is 3. The number of rotatable bonds is 5. The molecular formula is C11H14F3N3O3. The fraction of sp³-hybridized carbons (Fsp3) is 0.727. The van der Waals surface area contributed by atoms with Crippen LogP contribution in [0.25, 0.3) is 0 Å². The lowest BCUT2D eigenvalue weighted by Gasteiger charge is -2.15. The van der Waals surface area contributed by atoms with Gasteiger partial charge in [-0.3, -0.25) is 0 Å². The third-order valence-corrected chi connectivity index (χ3v) is 2.93. The molecule has 2 rings (SSSR count). The molecule has 0 saturated heterocycles. The molecule has 20 heavy (non-hydrogen) atoms. The summed E-state index contributed by atoms with van der Waals surface area (Å²) in [6.45, 7) is 0.981. The van der Waals surface area contributed by atoms with Crippen molar-refractivity contribution in [3.05, 3.63) is 11.4 Å². The number of hydrogen-bond donors (Lipinski definition) is 1. The molecule has 0 radical (unpaired) electrons. The number of carbonyl (C=O) groups excluding carboxylic acids is 1. The monoisotopic (exact) mass is 293 g/mol. The Morgan fingerprint density at radius 3 is 2.70 bits per heavy atom. The van der Waals surface area contributed by atoms with Crippen LogP contribution in [0.15, 0.2) is 0 Å². The van der Waals surface area contributed by atoms with Crippen molar-refractivity contribution in [1.82, 2.24) is 15.0 Å². The van der Waals surface area contributed by atoms with Crippen LogP contribution in [-0.4, -0.2) is 45.0 Å². The minimum Gasteiger partial charge on any atom is -0.461 e. The number of halogens is 3. The highest BCUT2D eigenvalue weighted by atomic mass is 19.4. The van der Waals surface area contributed by atoms with Crippen LogP contribution in [0.3, 0.4) is 0 Å². The second-order valence-electron chi connectivity index (χ2n) is 4.56. The predicted octanol–water partition coefficient (Wildman–Crippen LogP) is 1.26. The largest absolute Gasteiger partial charge is 0.461 e. The van der Waals surface area contributed by atoms with E-state index in [2.05, 4.69) is 10.3 Å². The molecule has 1 aliphatic rings. The average molecular weight is 293 g/mol. The van der Waals surface area contributed by atoms with Gasteiger partial charge in [0.15, 0.2) is 11.8 Å². The van der Waals surface area contributed by atoms with Crippen LogP contribution in [0, 0.1) is 0 Å². The van der Waals surface area contributed by atoms with E-state index in [1.54, 1.807) is 6.92 Å². The van der Waals surface area contributed by atoms with Crippen LogP contribution in [0.4, 0.5) is 13.2 Å². The second-order valence-corrected chi connectivity index (χ2v) is 4.56. The van der Waals surface area contributed by atoms with Gasteiger partial charge in [-0.2, -0.15) is 13.2 Å². The van der Waals surface area contributed by atoms with Gasteiger partial charge < -0.3 is 9.84 Å². The summed E-state index contributed by atoms with van der Waals surface area (Å²) in [5.74, 6) is -0.757. The smallest absolute Gasteiger partial charge is 0.416 e. The lowest BCUT2D eigenvalue weighted by Crippen LogP contribution is -2.33. The van der Waals surface area contributed by atoms with Gasteiger partial charge in [-0.15, -0.1) is 5.10 Å². The number of esters is 1. The van der Waals surface area contributed by atoms with Gasteiger partial charge in [0.2, 0.25) is 0 Å². The van der Waals surface area contributed by atoms with Crippen LogP contribution in [-0.2, 0) is 11.3 Å². The molecule has 0 aliphatic heterocycles. The molecule has 1 N–H and O–H groups in total. The standard InChI is InChI=1S/C11H14F3N3O3/c1-2-20-10(19)8-9(6-3-4-6)17(16-15-8)5-7(18)11(12,13)14/h6-7,18H,2-5H2,1H3. The Morgan fingerprint density at radius 2 is 2.20 bits per heavy atom. The van der Waals surface area contributed by atoms with Gasteiger partial charge in [0, 0.05) is 5.92 Å². The highest BCUT2D eigenvalue weighted by Gasteiger charge is 2.41. The summed E-state index contributed by atoms with van der Waals surface area (Å²) >= 11 is 0. The molecule has 0 spiro atoms. The van der Waals surface area contributed by atoms with Crippen molar-refractivity contribution in [3.8, 4) is 0 Å². The van der Waals surface area contributed by atoms with E-state index < -0.39 is 24.8 Å². The number of aliphatic hydroxyl groups excluding tert-OH is 1. The molecule has 1 heterocycles. The number of hydrogen-bond acceptors (Lipinski definition) is 5. The highest BCUT2D eigenvalue weighted by Crippen LogP contribution is 2.41. The van der Waals surface area contributed by atoms with Crippen LogP contribution in [0.2, 0.25) is 0 Å². The van der Waals surface area contributed by atoms with Gasteiger partial charge >= 0.3 is 12.1 Å². The summed E-state index contributed by atoms with van der Waals surface area (Å²) < 4.78 is 42.8. The minimum atomic E-state index is -4.74. The zero-order valence-corrected chi connectivity index (χ0v) is 10.7. The van der Waals surface area contributed by atoms with E-state index in [0.717, 1.165) is 17.5 Å². The third kappa shape index (κ3) is 3.09. The van der Waals surface area contributed by atoms with Crippen molar-refractivity contribution < 1.29 is 27.8 Å². The fourth-order valence-electron chi connectivity index (χ4n) is 1.83. The predicted molar refractivity (Wildman–Crippen MR) is 60.0 cm³/mol. The lowest BCUT2D eigenvalue weighted by atomic mass is 10.2. The summed E-state index contributed by atoms with van der Waals surface area (Å²) in [5.41, 5.74) is 0.246. The molecule has 1 fully saturated rings. The van der Waals surface area contributed by atoms with Crippen molar-refractivity contribution in [1.29, 1.82) is 0 Å². The SMILES string of the molecule is CCOC(=O)c1nnn(CC(O)C(F)(F)F)c1C1CC1. The zero-order chi connectivity index (χ0) is 14.9. The number of carbonyl (C=O) groups is 1. The first-order valence-electron chi connectivity index (χ1n) is 6.19. The first kappa shape index (κ1) is 14.8. The zero-order valence-electron chi connectivity index (χ0n) is 10.7. The van der Waals surface area contributed by atoms with E-state index in [4.69, 9.17) is 9.84 Å². The van der Waals surface area contributed by atoms with Gasteiger partial charge in [0.25, 0.3) is 0 Å². The molecule has 1 saturated carbocycles. The Morgan fingerprint density at radius 1 is 1.55 bits per heavy atom. The van der Waals surface area contributed by atoms with Gasteiger partial charge in [-0.25, -0.2) is 9.48 Å². The quantitative estimate of drug-likeness (QED) is 0.827. The molecule has 0 bridgehead atoms. The maximum Gasteiger partial charge on any atom is 0.416 e. The molecule has 1 aromatic rings. The first-order chi connectivity index (χ1) is 9.34. The van der Waals surface area contributed by atoms with Gasteiger partial charge in [0.05, 0.1) is 18.8 Å². The van der Waals surface area contributed by atoms with Crippen molar-refractivity contribution in [2.45, 2.75) is 44.5 Å². The molecule has 1 atom stereocenters. The van der Waals surface area contributed by atoms with E-state index in [1.807, 2.05) is 0 Å². The first-order valence-corrected chi connectivity index (χ1v) is 6.19. The lowest BCUT2D eigenvalue weighted by molar-refractivity contribution is -0.208. The molecule has 0 aromatic carbocycles. The van der Waals surface area contributed by atoms with Gasteiger partial charge in [0.1, 0.15) is 0 Å². The summed E-state index contributed by atoms with van der Waals surface area (Å²) in [4.78, 5) is 11.7. The third-order valence-electron chi connectivity index (χ3n) is 2.93. The van der Waals surface area contributed by atoms with E-state index >= 15 is 0 Å². The Balaban J connectivity index is 2.24.